The second kappa shape index (κ2) is 5.93. The zero-order valence-electron chi connectivity index (χ0n) is 11.8. The number of hydrogen-bond acceptors (Lipinski definition) is 3. The van der Waals surface area contributed by atoms with Crippen molar-refractivity contribution >= 4 is 5.69 Å². The van der Waals surface area contributed by atoms with Crippen LogP contribution in [-0.2, 0) is 11.2 Å². The molecule has 2 heterocycles. The third-order valence-electron chi connectivity index (χ3n) is 4.64. The molecule has 1 N–H and O–H groups in total. The van der Waals surface area contributed by atoms with Gasteiger partial charge in [-0.1, -0.05) is 18.2 Å². The van der Waals surface area contributed by atoms with E-state index in [0.29, 0.717) is 12.1 Å². The van der Waals surface area contributed by atoms with Crippen molar-refractivity contribution in [3.63, 3.8) is 0 Å². The monoisotopic (exact) mass is 260 g/mol. The Labute approximate surface area is 115 Å². The molecule has 0 aliphatic carbocycles. The fourth-order valence-corrected chi connectivity index (χ4v) is 3.30. The zero-order chi connectivity index (χ0) is 13.1. The number of likely N-dealkylation sites (N-methyl/N-ethyl adjacent to an activating group) is 1. The number of nitrogens with one attached hydrogen (secondary N) is 1. The Hall–Kier alpha value is -1.06. The normalized spacial score (nSPS) is 24.6. The number of para-hydroxylation sites is 1. The highest BCUT2D eigenvalue weighted by Gasteiger charge is 2.26. The molecule has 2 aliphatic heterocycles. The highest BCUT2D eigenvalue weighted by atomic mass is 16.5. The summed E-state index contributed by atoms with van der Waals surface area (Å²) in [7, 11) is 2.29. The summed E-state index contributed by atoms with van der Waals surface area (Å²) in [4.78, 5) is 2.58. The minimum Gasteiger partial charge on any atom is -0.383 e. The fraction of sp³-hybridized carbons (Fsp3) is 0.625. The van der Waals surface area contributed by atoms with Gasteiger partial charge in [0.25, 0.3) is 0 Å². The van der Waals surface area contributed by atoms with E-state index >= 15 is 0 Å². The third-order valence-corrected chi connectivity index (χ3v) is 4.64. The maximum Gasteiger partial charge on any atom is 0.0480 e. The van der Waals surface area contributed by atoms with E-state index in [1.807, 2.05) is 0 Å². The molecule has 1 saturated heterocycles. The van der Waals surface area contributed by atoms with Crippen molar-refractivity contribution in [2.45, 2.75) is 37.8 Å². The first-order valence-electron chi connectivity index (χ1n) is 7.46. The molecular formula is C16H24N2O. The molecule has 1 aromatic carbocycles. The van der Waals surface area contributed by atoms with Gasteiger partial charge >= 0.3 is 0 Å². The van der Waals surface area contributed by atoms with Crippen molar-refractivity contribution in [3.05, 3.63) is 29.8 Å². The van der Waals surface area contributed by atoms with E-state index in [0.717, 1.165) is 19.8 Å². The second-order valence-corrected chi connectivity index (χ2v) is 5.74. The Morgan fingerprint density at radius 1 is 1.11 bits per heavy atom. The molecule has 1 unspecified atom stereocenters. The van der Waals surface area contributed by atoms with Gasteiger partial charge in [-0.2, -0.15) is 0 Å². The van der Waals surface area contributed by atoms with Crippen molar-refractivity contribution < 1.29 is 4.74 Å². The molecule has 0 spiro atoms. The molecule has 1 atom stereocenters. The molecule has 3 rings (SSSR count). The second-order valence-electron chi connectivity index (χ2n) is 5.74. The molecule has 19 heavy (non-hydrogen) atoms. The number of rotatable bonds is 2. The lowest BCUT2D eigenvalue weighted by Crippen LogP contribution is -2.45. The molecule has 3 heteroatoms. The lowest BCUT2D eigenvalue weighted by atomic mass is 10.0. The van der Waals surface area contributed by atoms with E-state index in [9.17, 15) is 0 Å². The van der Waals surface area contributed by atoms with Crippen LogP contribution in [0, 0.1) is 0 Å². The highest BCUT2D eigenvalue weighted by Crippen LogP contribution is 2.24. The quantitative estimate of drug-likeness (QED) is 0.884. The van der Waals surface area contributed by atoms with Crippen molar-refractivity contribution in [2.75, 3.05) is 32.1 Å². The standard InChI is InChI=1S/C16H24N2O/c1-18(14-8-10-19-11-9-14)15-7-6-13-4-2-3-5-16(13)17-12-15/h2-5,14-15,17H,6-12H2,1H3. The van der Waals surface area contributed by atoms with E-state index in [-0.39, 0.29) is 0 Å². The SMILES string of the molecule is CN(C1CCOCC1)C1CCc2ccccc2NC1. The van der Waals surface area contributed by atoms with E-state index in [4.69, 9.17) is 4.74 Å². The van der Waals surface area contributed by atoms with Crippen LogP contribution in [0.4, 0.5) is 5.69 Å². The van der Waals surface area contributed by atoms with Crippen molar-refractivity contribution in [1.29, 1.82) is 0 Å². The molecule has 104 valence electrons. The van der Waals surface area contributed by atoms with Crippen molar-refractivity contribution in [1.82, 2.24) is 4.90 Å². The van der Waals surface area contributed by atoms with Gasteiger partial charge in [-0.15, -0.1) is 0 Å². The summed E-state index contributed by atoms with van der Waals surface area (Å²) in [6.45, 7) is 2.91. The first-order valence-corrected chi connectivity index (χ1v) is 7.46. The summed E-state index contributed by atoms with van der Waals surface area (Å²) in [6, 6.07) is 10.0. The van der Waals surface area contributed by atoms with Crippen LogP contribution in [0.15, 0.2) is 24.3 Å². The summed E-state index contributed by atoms with van der Waals surface area (Å²) in [5.41, 5.74) is 2.79. The molecule has 0 radical (unpaired) electrons. The van der Waals surface area contributed by atoms with Crippen LogP contribution in [0.1, 0.15) is 24.8 Å². The van der Waals surface area contributed by atoms with Gasteiger partial charge in [0.15, 0.2) is 0 Å². The van der Waals surface area contributed by atoms with Crippen molar-refractivity contribution in [3.8, 4) is 0 Å². The average Bonchev–Trinajstić information content (AvgIpc) is 2.70. The molecule has 3 nitrogen and oxygen atoms in total. The number of anilines is 1. The van der Waals surface area contributed by atoms with Crippen LogP contribution in [0.3, 0.4) is 0 Å². The van der Waals surface area contributed by atoms with Crippen LogP contribution in [0.2, 0.25) is 0 Å². The average molecular weight is 260 g/mol. The summed E-state index contributed by atoms with van der Waals surface area (Å²) in [5.74, 6) is 0. The number of aryl methyl sites for hydroxylation is 1. The lowest BCUT2D eigenvalue weighted by molar-refractivity contribution is 0.0293. The zero-order valence-corrected chi connectivity index (χ0v) is 11.8. The van der Waals surface area contributed by atoms with E-state index in [1.165, 1.54) is 36.9 Å². The van der Waals surface area contributed by atoms with Gasteiger partial charge in [0.2, 0.25) is 0 Å². The Kier molecular flexibility index (Phi) is 4.04. The summed E-state index contributed by atoms with van der Waals surface area (Å²) >= 11 is 0. The van der Waals surface area contributed by atoms with Gasteiger partial charge in [0.1, 0.15) is 0 Å². The van der Waals surface area contributed by atoms with Crippen molar-refractivity contribution in [2.24, 2.45) is 0 Å². The maximum atomic E-state index is 5.47. The molecule has 2 aliphatic rings. The number of nitrogens with zero attached hydrogens (tertiary/aromatic N) is 1. The number of fused-ring (bicyclic) bond motifs is 1. The number of benzene rings is 1. The smallest absolute Gasteiger partial charge is 0.0480 e. The maximum absolute atomic E-state index is 5.47. The fourth-order valence-electron chi connectivity index (χ4n) is 3.30. The van der Waals surface area contributed by atoms with E-state index in [2.05, 4.69) is 41.5 Å². The number of hydrogen-bond donors (Lipinski definition) is 1. The molecule has 0 bridgehead atoms. The van der Waals surface area contributed by atoms with E-state index in [1.54, 1.807) is 0 Å². The van der Waals surface area contributed by atoms with Crippen LogP contribution < -0.4 is 5.32 Å². The van der Waals surface area contributed by atoms with Crippen LogP contribution in [0.5, 0.6) is 0 Å². The Morgan fingerprint density at radius 2 is 1.89 bits per heavy atom. The van der Waals surface area contributed by atoms with Crippen LogP contribution in [0.25, 0.3) is 0 Å². The summed E-state index contributed by atoms with van der Waals surface area (Å²) < 4.78 is 5.47. The third kappa shape index (κ3) is 2.93. The van der Waals surface area contributed by atoms with Crippen LogP contribution >= 0.6 is 0 Å². The first kappa shape index (κ1) is 12.9. The predicted octanol–water partition coefficient (Wildman–Crippen LogP) is 2.52. The highest BCUT2D eigenvalue weighted by molar-refractivity contribution is 5.52. The lowest BCUT2D eigenvalue weighted by Gasteiger charge is -2.36. The first-order chi connectivity index (χ1) is 9.34. The summed E-state index contributed by atoms with van der Waals surface area (Å²) in [6.07, 6.45) is 4.79. The topological polar surface area (TPSA) is 24.5 Å². The molecular weight excluding hydrogens is 236 g/mol. The largest absolute Gasteiger partial charge is 0.383 e. The molecule has 0 saturated carbocycles. The van der Waals surface area contributed by atoms with Gasteiger partial charge < -0.3 is 10.1 Å². The molecule has 1 fully saturated rings. The van der Waals surface area contributed by atoms with Gasteiger partial charge in [-0.3, -0.25) is 4.90 Å². The Balaban J connectivity index is 1.64. The van der Waals surface area contributed by atoms with Crippen LogP contribution in [-0.4, -0.2) is 43.8 Å². The number of ether oxygens (including phenoxy) is 1. The Morgan fingerprint density at radius 3 is 2.74 bits per heavy atom. The molecule has 1 aromatic rings. The van der Waals surface area contributed by atoms with Gasteiger partial charge in [0, 0.05) is 37.5 Å². The van der Waals surface area contributed by atoms with Gasteiger partial charge in [-0.05, 0) is 44.4 Å². The molecule has 0 amide bonds. The minimum absolute atomic E-state index is 0.635. The molecule has 0 aromatic heterocycles. The van der Waals surface area contributed by atoms with E-state index < -0.39 is 0 Å². The Bertz CT molecular complexity index is 388. The summed E-state index contributed by atoms with van der Waals surface area (Å²) in [5, 5.41) is 3.62. The predicted molar refractivity (Wildman–Crippen MR) is 78.6 cm³/mol. The van der Waals surface area contributed by atoms with Gasteiger partial charge in [-0.25, -0.2) is 0 Å². The minimum atomic E-state index is 0.635. The van der Waals surface area contributed by atoms with Gasteiger partial charge in [0.05, 0.1) is 0 Å².